The van der Waals surface area contributed by atoms with Crippen LogP contribution in [-0.2, 0) is 10.8 Å². The fourth-order valence-electron chi connectivity index (χ4n) is 9.61. The molecule has 0 amide bonds. The lowest BCUT2D eigenvalue weighted by molar-refractivity contribution is -0.0294. The molecule has 0 nitrogen and oxygen atoms in total. The van der Waals surface area contributed by atoms with Gasteiger partial charge in [-0.25, -0.2) is 0 Å². The molecule has 0 N–H and O–H groups in total. The van der Waals surface area contributed by atoms with Crippen molar-refractivity contribution in [2.75, 3.05) is 0 Å². The molecular weight excluding hydrogens is 420 g/mol. The standard InChI is InChI=1S/C35H56/c1-3-5-8-11-29-12-14-30(15-13-29)34-23-26-35(27-24-34,28-25-34)32-18-16-31(17-19-32)33(20-6-4-2)21-9-7-10-22-33/h16-19,29-30H,3-15,20-28H2,1-2H3. The van der Waals surface area contributed by atoms with Crippen LogP contribution in [0.5, 0.6) is 0 Å². The Hall–Kier alpha value is -0.780. The van der Waals surface area contributed by atoms with Gasteiger partial charge in [-0.05, 0) is 110 Å². The van der Waals surface area contributed by atoms with Crippen molar-refractivity contribution in [1.29, 1.82) is 0 Å². The van der Waals surface area contributed by atoms with Crippen molar-refractivity contribution in [2.24, 2.45) is 17.3 Å². The normalized spacial score (nSPS) is 34.7. The van der Waals surface area contributed by atoms with Crippen molar-refractivity contribution in [3.63, 3.8) is 0 Å². The molecule has 5 aliphatic carbocycles. The molecule has 196 valence electrons. The Labute approximate surface area is 218 Å². The minimum Gasteiger partial charge on any atom is -0.0654 e. The zero-order valence-electron chi connectivity index (χ0n) is 23.5. The van der Waals surface area contributed by atoms with E-state index in [2.05, 4.69) is 38.1 Å². The van der Waals surface area contributed by atoms with E-state index in [9.17, 15) is 0 Å². The van der Waals surface area contributed by atoms with E-state index < -0.39 is 0 Å². The molecule has 0 heterocycles. The van der Waals surface area contributed by atoms with Crippen LogP contribution in [0.1, 0.15) is 166 Å². The number of hydrogen-bond donors (Lipinski definition) is 0. The molecule has 0 heteroatoms. The molecule has 1 aromatic carbocycles. The van der Waals surface area contributed by atoms with E-state index in [1.54, 1.807) is 36.8 Å². The zero-order valence-corrected chi connectivity index (χ0v) is 23.5. The molecule has 0 saturated heterocycles. The summed E-state index contributed by atoms with van der Waals surface area (Å²) in [6, 6.07) is 10.4. The molecule has 0 aliphatic heterocycles. The van der Waals surface area contributed by atoms with Gasteiger partial charge in [0.2, 0.25) is 0 Å². The predicted octanol–water partition coefficient (Wildman–Crippen LogP) is 11.1. The van der Waals surface area contributed by atoms with Crippen LogP contribution in [0, 0.1) is 17.3 Å². The molecule has 1 aromatic rings. The number of hydrogen-bond acceptors (Lipinski definition) is 0. The van der Waals surface area contributed by atoms with Crippen molar-refractivity contribution >= 4 is 0 Å². The van der Waals surface area contributed by atoms with Crippen LogP contribution in [-0.4, -0.2) is 0 Å². The van der Waals surface area contributed by atoms with Gasteiger partial charge in [-0.3, -0.25) is 0 Å². The van der Waals surface area contributed by atoms with Crippen LogP contribution < -0.4 is 0 Å². The summed E-state index contributed by atoms with van der Waals surface area (Å²) in [5.41, 5.74) is 5.12. The van der Waals surface area contributed by atoms with Gasteiger partial charge in [0.1, 0.15) is 0 Å². The summed E-state index contributed by atoms with van der Waals surface area (Å²) >= 11 is 0. The summed E-state index contributed by atoms with van der Waals surface area (Å²) in [6.45, 7) is 4.71. The molecule has 6 rings (SSSR count). The quantitative estimate of drug-likeness (QED) is 0.294. The van der Waals surface area contributed by atoms with Crippen LogP contribution in [0.15, 0.2) is 24.3 Å². The van der Waals surface area contributed by atoms with Crippen molar-refractivity contribution < 1.29 is 0 Å². The highest BCUT2D eigenvalue weighted by Gasteiger charge is 2.52. The minimum atomic E-state index is 0.494. The van der Waals surface area contributed by atoms with E-state index in [0.29, 0.717) is 10.8 Å². The Morgan fingerprint density at radius 1 is 0.629 bits per heavy atom. The van der Waals surface area contributed by atoms with Crippen molar-refractivity contribution in [2.45, 2.75) is 166 Å². The van der Waals surface area contributed by atoms with E-state index in [4.69, 9.17) is 0 Å². The first kappa shape index (κ1) is 25.9. The van der Waals surface area contributed by atoms with Gasteiger partial charge in [0.15, 0.2) is 0 Å². The van der Waals surface area contributed by atoms with Crippen molar-refractivity contribution in [1.82, 2.24) is 0 Å². The second-order valence-electron chi connectivity index (χ2n) is 13.9. The zero-order chi connectivity index (χ0) is 24.2. The number of rotatable bonds is 10. The van der Waals surface area contributed by atoms with Gasteiger partial charge in [0.25, 0.3) is 0 Å². The highest BCUT2D eigenvalue weighted by atomic mass is 14.6. The summed E-state index contributed by atoms with van der Waals surface area (Å²) in [7, 11) is 0. The number of fused-ring (bicyclic) bond motifs is 3. The third kappa shape index (κ3) is 5.29. The summed E-state index contributed by atoms with van der Waals surface area (Å²) in [4.78, 5) is 0. The van der Waals surface area contributed by atoms with Gasteiger partial charge in [0.05, 0.1) is 0 Å². The second-order valence-corrected chi connectivity index (χ2v) is 13.9. The average Bonchev–Trinajstić information content (AvgIpc) is 2.94. The Morgan fingerprint density at radius 3 is 1.83 bits per heavy atom. The van der Waals surface area contributed by atoms with Crippen LogP contribution in [0.3, 0.4) is 0 Å². The third-order valence-electron chi connectivity index (χ3n) is 12.2. The maximum Gasteiger partial charge on any atom is -0.00463 e. The lowest BCUT2D eigenvalue weighted by atomic mass is 9.47. The fraction of sp³-hybridized carbons (Fsp3) is 0.829. The molecule has 5 fully saturated rings. The summed E-state index contributed by atoms with van der Waals surface area (Å²) in [6.07, 6.45) is 32.4. The Bertz CT molecular complexity index is 746. The topological polar surface area (TPSA) is 0 Å². The fourth-order valence-corrected chi connectivity index (χ4v) is 9.61. The van der Waals surface area contributed by atoms with Crippen molar-refractivity contribution in [3.8, 4) is 0 Å². The number of unbranched alkanes of at least 4 members (excludes halogenated alkanes) is 3. The first-order valence-corrected chi connectivity index (χ1v) is 16.2. The lowest BCUT2D eigenvalue weighted by Crippen LogP contribution is -2.48. The second kappa shape index (κ2) is 11.3. The largest absolute Gasteiger partial charge is 0.0654 e. The highest BCUT2D eigenvalue weighted by molar-refractivity contribution is 5.35. The number of benzene rings is 1. The molecule has 0 atom stereocenters. The minimum absolute atomic E-state index is 0.494. The average molecular weight is 477 g/mol. The first-order chi connectivity index (χ1) is 17.1. The van der Waals surface area contributed by atoms with Crippen LogP contribution >= 0.6 is 0 Å². The Balaban J connectivity index is 1.20. The molecule has 0 spiro atoms. The molecule has 0 unspecified atom stereocenters. The van der Waals surface area contributed by atoms with Gasteiger partial charge in [0, 0.05) is 0 Å². The molecular formula is C35H56. The first-order valence-electron chi connectivity index (χ1n) is 16.2. The monoisotopic (exact) mass is 476 g/mol. The van der Waals surface area contributed by atoms with E-state index in [1.165, 1.54) is 116 Å². The molecule has 2 bridgehead atoms. The Kier molecular flexibility index (Phi) is 8.35. The molecule has 35 heavy (non-hydrogen) atoms. The van der Waals surface area contributed by atoms with Gasteiger partial charge in [-0.1, -0.05) is 109 Å². The third-order valence-corrected chi connectivity index (χ3v) is 12.2. The highest BCUT2D eigenvalue weighted by Crippen LogP contribution is 2.63. The summed E-state index contributed by atoms with van der Waals surface area (Å²) in [5, 5.41) is 0. The predicted molar refractivity (Wildman–Crippen MR) is 152 cm³/mol. The maximum absolute atomic E-state index is 2.61. The van der Waals surface area contributed by atoms with Crippen LogP contribution in [0.2, 0.25) is 0 Å². The molecule has 0 aromatic heterocycles. The van der Waals surface area contributed by atoms with Gasteiger partial charge in [-0.2, -0.15) is 0 Å². The van der Waals surface area contributed by atoms with E-state index in [-0.39, 0.29) is 0 Å². The smallest absolute Gasteiger partial charge is 0.00463 e. The molecule has 0 radical (unpaired) electrons. The summed E-state index contributed by atoms with van der Waals surface area (Å²) in [5.74, 6) is 2.11. The molecule has 5 aliphatic rings. The van der Waals surface area contributed by atoms with Gasteiger partial charge >= 0.3 is 0 Å². The van der Waals surface area contributed by atoms with Crippen molar-refractivity contribution in [3.05, 3.63) is 35.4 Å². The van der Waals surface area contributed by atoms with Gasteiger partial charge in [-0.15, -0.1) is 0 Å². The van der Waals surface area contributed by atoms with E-state index in [0.717, 1.165) is 17.3 Å². The lowest BCUT2D eigenvalue weighted by Gasteiger charge is -2.58. The maximum atomic E-state index is 2.61. The SMILES string of the molecule is CCCCCC1CCC(C23CCC(c4ccc(C5(CCCC)CCCCC5)cc4)(CC2)CC3)CC1. The van der Waals surface area contributed by atoms with Crippen LogP contribution in [0.4, 0.5) is 0 Å². The Morgan fingerprint density at radius 2 is 1.23 bits per heavy atom. The molecule has 5 saturated carbocycles. The van der Waals surface area contributed by atoms with E-state index >= 15 is 0 Å². The van der Waals surface area contributed by atoms with Crippen LogP contribution in [0.25, 0.3) is 0 Å². The van der Waals surface area contributed by atoms with Gasteiger partial charge < -0.3 is 0 Å². The summed E-state index contributed by atoms with van der Waals surface area (Å²) < 4.78 is 0. The van der Waals surface area contributed by atoms with E-state index in [1.807, 2.05) is 0 Å².